The standard InChI is InChI=1S/C12H24N2O2/c1-3-11(10-12(15)16)13(2)8-9-14-6-4-5-7-14/h11H,3-10H2,1-2H3,(H,15,16). The zero-order chi connectivity index (χ0) is 12.0. The van der Waals surface area contributed by atoms with Crippen LogP contribution in [0.2, 0.25) is 0 Å². The van der Waals surface area contributed by atoms with Gasteiger partial charge in [-0.2, -0.15) is 0 Å². The van der Waals surface area contributed by atoms with Gasteiger partial charge in [0.1, 0.15) is 0 Å². The summed E-state index contributed by atoms with van der Waals surface area (Å²) in [5.74, 6) is -0.695. The van der Waals surface area contributed by atoms with E-state index in [1.807, 2.05) is 7.05 Å². The summed E-state index contributed by atoms with van der Waals surface area (Å²) in [4.78, 5) is 15.3. The van der Waals surface area contributed by atoms with Gasteiger partial charge in [-0.25, -0.2) is 0 Å². The van der Waals surface area contributed by atoms with Crippen LogP contribution in [0.5, 0.6) is 0 Å². The van der Waals surface area contributed by atoms with Crippen molar-refractivity contribution in [2.24, 2.45) is 0 Å². The van der Waals surface area contributed by atoms with Crippen LogP contribution in [0.3, 0.4) is 0 Å². The third kappa shape index (κ3) is 4.49. The Morgan fingerprint density at radius 2 is 2.06 bits per heavy atom. The van der Waals surface area contributed by atoms with Crippen molar-refractivity contribution in [3.63, 3.8) is 0 Å². The molecule has 0 spiro atoms. The van der Waals surface area contributed by atoms with Crippen LogP contribution in [0.4, 0.5) is 0 Å². The van der Waals surface area contributed by atoms with Gasteiger partial charge < -0.3 is 14.9 Å². The van der Waals surface area contributed by atoms with Gasteiger partial charge in [-0.3, -0.25) is 4.79 Å². The fourth-order valence-corrected chi connectivity index (χ4v) is 2.30. The normalized spacial score (nSPS) is 19.2. The van der Waals surface area contributed by atoms with E-state index in [0.29, 0.717) is 0 Å². The number of likely N-dealkylation sites (tertiary alicyclic amines) is 1. The van der Waals surface area contributed by atoms with E-state index in [9.17, 15) is 4.79 Å². The molecule has 94 valence electrons. The van der Waals surface area contributed by atoms with Gasteiger partial charge in [0.25, 0.3) is 0 Å². The second-order valence-electron chi connectivity index (χ2n) is 4.69. The highest BCUT2D eigenvalue weighted by atomic mass is 16.4. The Balaban J connectivity index is 2.24. The van der Waals surface area contributed by atoms with Gasteiger partial charge in [0.05, 0.1) is 6.42 Å². The van der Waals surface area contributed by atoms with Gasteiger partial charge in [0, 0.05) is 19.1 Å². The third-order valence-electron chi connectivity index (χ3n) is 3.47. The maximum Gasteiger partial charge on any atom is 0.304 e. The number of carbonyl (C=O) groups is 1. The van der Waals surface area contributed by atoms with Crippen LogP contribution in [0.1, 0.15) is 32.6 Å². The first-order chi connectivity index (χ1) is 7.63. The minimum Gasteiger partial charge on any atom is -0.481 e. The van der Waals surface area contributed by atoms with Gasteiger partial charge >= 0.3 is 5.97 Å². The van der Waals surface area contributed by atoms with E-state index in [-0.39, 0.29) is 12.5 Å². The molecule has 4 heteroatoms. The molecular formula is C12H24N2O2. The van der Waals surface area contributed by atoms with Crippen molar-refractivity contribution in [1.82, 2.24) is 9.80 Å². The van der Waals surface area contributed by atoms with E-state index >= 15 is 0 Å². The van der Waals surface area contributed by atoms with Gasteiger partial charge in [0.2, 0.25) is 0 Å². The molecule has 0 radical (unpaired) electrons. The predicted octanol–water partition coefficient (Wildman–Crippen LogP) is 1.27. The fraction of sp³-hybridized carbons (Fsp3) is 0.917. The highest BCUT2D eigenvalue weighted by Gasteiger charge is 2.18. The molecule has 1 fully saturated rings. The zero-order valence-electron chi connectivity index (χ0n) is 10.5. The molecule has 1 unspecified atom stereocenters. The first-order valence-electron chi connectivity index (χ1n) is 6.28. The molecule has 0 aliphatic carbocycles. The highest BCUT2D eigenvalue weighted by molar-refractivity contribution is 5.67. The quantitative estimate of drug-likeness (QED) is 0.712. The van der Waals surface area contributed by atoms with Crippen LogP contribution in [-0.4, -0.2) is 60.1 Å². The van der Waals surface area contributed by atoms with Crippen LogP contribution >= 0.6 is 0 Å². The molecule has 1 rings (SSSR count). The van der Waals surface area contributed by atoms with E-state index < -0.39 is 5.97 Å². The van der Waals surface area contributed by atoms with Gasteiger partial charge in [-0.1, -0.05) is 6.92 Å². The number of hydrogen-bond acceptors (Lipinski definition) is 3. The summed E-state index contributed by atoms with van der Waals surface area (Å²) >= 11 is 0. The topological polar surface area (TPSA) is 43.8 Å². The number of aliphatic carboxylic acids is 1. The second kappa shape index (κ2) is 6.86. The summed E-state index contributed by atoms with van der Waals surface area (Å²) in [6.07, 6.45) is 3.79. The van der Waals surface area contributed by atoms with E-state index in [0.717, 1.165) is 19.5 Å². The summed E-state index contributed by atoms with van der Waals surface area (Å²) in [6.45, 7) is 6.53. The van der Waals surface area contributed by atoms with E-state index in [2.05, 4.69) is 16.7 Å². The Kier molecular flexibility index (Phi) is 5.77. The van der Waals surface area contributed by atoms with Crippen LogP contribution in [0, 0.1) is 0 Å². The second-order valence-corrected chi connectivity index (χ2v) is 4.69. The lowest BCUT2D eigenvalue weighted by molar-refractivity contribution is -0.138. The maximum absolute atomic E-state index is 10.7. The molecule has 0 saturated carbocycles. The van der Waals surface area contributed by atoms with Gasteiger partial charge in [0.15, 0.2) is 0 Å². The smallest absolute Gasteiger partial charge is 0.304 e. The minimum atomic E-state index is -0.695. The van der Waals surface area contributed by atoms with Crippen LogP contribution in [0.25, 0.3) is 0 Å². The average molecular weight is 228 g/mol. The first kappa shape index (κ1) is 13.5. The first-order valence-corrected chi connectivity index (χ1v) is 6.28. The Hall–Kier alpha value is -0.610. The fourth-order valence-electron chi connectivity index (χ4n) is 2.30. The molecule has 0 bridgehead atoms. The molecule has 1 saturated heterocycles. The molecule has 1 N–H and O–H groups in total. The molecule has 16 heavy (non-hydrogen) atoms. The summed E-state index contributed by atoms with van der Waals surface area (Å²) in [6, 6.07) is 0.181. The molecule has 1 aliphatic rings. The molecule has 0 aromatic carbocycles. The number of nitrogens with zero attached hydrogens (tertiary/aromatic N) is 2. The SMILES string of the molecule is CCC(CC(=O)O)N(C)CCN1CCCC1. The van der Waals surface area contributed by atoms with Crippen molar-refractivity contribution in [2.45, 2.75) is 38.6 Å². The number of carboxylic acid groups (broad SMARTS) is 1. The average Bonchev–Trinajstić information content (AvgIpc) is 2.75. The summed E-state index contributed by atoms with van der Waals surface area (Å²) in [5.41, 5.74) is 0. The predicted molar refractivity (Wildman–Crippen MR) is 64.6 cm³/mol. The van der Waals surface area contributed by atoms with Gasteiger partial charge in [-0.15, -0.1) is 0 Å². The molecule has 0 aromatic rings. The summed E-state index contributed by atoms with van der Waals surface area (Å²) in [5, 5.41) is 8.81. The van der Waals surface area contributed by atoms with Crippen molar-refractivity contribution in [3.8, 4) is 0 Å². The molecule has 1 aliphatic heterocycles. The Labute approximate surface area is 98.2 Å². The molecule has 4 nitrogen and oxygen atoms in total. The van der Waals surface area contributed by atoms with Crippen LogP contribution < -0.4 is 0 Å². The summed E-state index contributed by atoms with van der Waals surface area (Å²) < 4.78 is 0. The zero-order valence-corrected chi connectivity index (χ0v) is 10.5. The summed E-state index contributed by atoms with van der Waals surface area (Å²) in [7, 11) is 2.03. The maximum atomic E-state index is 10.7. The van der Waals surface area contributed by atoms with Crippen LogP contribution in [0.15, 0.2) is 0 Å². The van der Waals surface area contributed by atoms with Crippen molar-refractivity contribution >= 4 is 5.97 Å². The Bertz CT molecular complexity index is 215. The lowest BCUT2D eigenvalue weighted by Crippen LogP contribution is -2.38. The monoisotopic (exact) mass is 228 g/mol. The van der Waals surface area contributed by atoms with Crippen molar-refractivity contribution in [1.29, 1.82) is 0 Å². The molecule has 0 amide bonds. The van der Waals surface area contributed by atoms with Crippen LogP contribution in [-0.2, 0) is 4.79 Å². The van der Waals surface area contributed by atoms with E-state index in [1.165, 1.54) is 25.9 Å². The number of rotatable bonds is 7. The lowest BCUT2D eigenvalue weighted by atomic mass is 10.1. The van der Waals surface area contributed by atoms with Crippen molar-refractivity contribution in [3.05, 3.63) is 0 Å². The van der Waals surface area contributed by atoms with E-state index in [4.69, 9.17) is 5.11 Å². The highest BCUT2D eigenvalue weighted by Crippen LogP contribution is 2.09. The molecule has 1 atom stereocenters. The third-order valence-corrected chi connectivity index (χ3v) is 3.47. The minimum absolute atomic E-state index is 0.181. The number of likely N-dealkylation sites (N-methyl/N-ethyl adjacent to an activating group) is 1. The number of carboxylic acids is 1. The largest absolute Gasteiger partial charge is 0.481 e. The van der Waals surface area contributed by atoms with Crippen molar-refractivity contribution in [2.75, 3.05) is 33.2 Å². The molecule has 0 aromatic heterocycles. The number of hydrogen-bond donors (Lipinski definition) is 1. The Morgan fingerprint density at radius 1 is 1.44 bits per heavy atom. The molecule has 1 heterocycles. The van der Waals surface area contributed by atoms with Gasteiger partial charge in [-0.05, 0) is 39.4 Å². The Morgan fingerprint density at radius 3 is 2.56 bits per heavy atom. The lowest BCUT2D eigenvalue weighted by Gasteiger charge is -2.27. The van der Waals surface area contributed by atoms with E-state index in [1.54, 1.807) is 0 Å². The van der Waals surface area contributed by atoms with Crippen molar-refractivity contribution < 1.29 is 9.90 Å². The molecular weight excluding hydrogens is 204 g/mol.